The third-order valence-corrected chi connectivity index (χ3v) is 3.33. The molecule has 1 aliphatic rings. The second kappa shape index (κ2) is 4.28. The monoisotopic (exact) mass is 226 g/mol. The van der Waals surface area contributed by atoms with Gasteiger partial charge in [0.25, 0.3) is 0 Å². The first-order valence-corrected chi connectivity index (χ1v) is 5.59. The lowest BCUT2D eigenvalue weighted by molar-refractivity contribution is 0.285. The van der Waals surface area contributed by atoms with Gasteiger partial charge in [0.1, 0.15) is 5.82 Å². The second-order valence-corrected chi connectivity index (χ2v) is 4.47. The lowest BCUT2D eigenvalue weighted by atomic mass is 9.80. The molecule has 0 saturated heterocycles. The van der Waals surface area contributed by atoms with Crippen molar-refractivity contribution >= 4 is 11.4 Å². The first-order chi connectivity index (χ1) is 7.58. The van der Waals surface area contributed by atoms with E-state index in [1.54, 1.807) is 0 Å². The molecular formula is C12H16F2N2. The van der Waals surface area contributed by atoms with Gasteiger partial charge in [-0.3, -0.25) is 0 Å². The smallest absolute Gasteiger partial charge is 0.151 e. The highest BCUT2D eigenvalue weighted by Gasteiger charge is 2.24. The summed E-state index contributed by atoms with van der Waals surface area (Å²) in [7, 11) is 0. The summed E-state index contributed by atoms with van der Waals surface area (Å²) in [5, 5.41) is 3.09. The van der Waals surface area contributed by atoms with Gasteiger partial charge in [0.15, 0.2) is 5.82 Å². The Bertz CT molecular complexity index is 389. The van der Waals surface area contributed by atoms with Crippen LogP contribution in [0.1, 0.15) is 26.2 Å². The van der Waals surface area contributed by atoms with Gasteiger partial charge in [-0.15, -0.1) is 0 Å². The van der Waals surface area contributed by atoms with E-state index in [1.807, 2.05) is 6.92 Å². The molecule has 0 radical (unpaired) electrons. The molecule has 2 rings (SSSR count). The highest BCUT2D eigenvalue weighted by molar-refractivity contribution is 5.67. The topological polar surface area (TPSA) is 38.0 Å². The fourth-order valence-corrected chi connectivity index (χ4v) is 2.01. The predicted octanol–water partition coefficient (Wildman–Crippen LogP) is 3.15. The molecule has 2 nitrogen and oxygen atoms in total. The van der Waals surface area contributed by atoms with Crippen molar-refractivity contribution in [2.24, 2.45) is 5.92 Å². The molecule has 3 N–H and O–H groups in total. The van der Waals surface area contributed by atoms with Crippen LogP contribution in [0.25, 0.3) is 0 Å². The van der Waals surface area contributed by atoms with Crippen LogP contribution in [-0.2, 0) is 0 Å². The number of rotatable bonds is 3. The summed E-state index contributed by atoms with van der Waals surface area (Å²) in [6.07, 6.45) is 3.58. The average molecular weight is 226 g/mol. The van der Waals surface area contributed by atoms with Crippen LogP contribution in [0.15, 0.2) is 12.1 Å². The summed E-state index contributed by atoms with van der Waals surface area (Å²) in [6.45, 7) is 2.02. The maximum absolute atomic E-state index is 13.2. The minimum atomic E-state index is -0.705. The van der Waals surface area contributed by atoms with Crippen LogP contribution in [0, 0.1) is 17.6 Å². The molecule has 1 unspecified atom stereocenters. The van der Waals surface area contributed by atoms with E-state index < -0.39 is 11.6 Å². The molecule has 0 bridgehead atoms. The van der Waals surface area contributed by atoms with E-state index in [4.69, 9.17) is 5.73 Å². The zero-order valence-corrected chi connectivity index (χ0v) is 9.26. The molecular weight excluding hydrogens is 210 g/mol. The summed E-state index contributed by atoms with van der Waals surface area (Å²) >= 11 is 0. The SMILES string of the molecule is CC(Nc1cc(F)cc(F)c1N)C1CCC1. The molecule has 88 valence electrons. The Morgan fingerprint density at radius 1 is 1.38 bits per heavy atom. The van der Waals surface area contributed by atoms with E-state index in [2.05, 4.69) is 5.32 Å². The van der Waals surface area contributed by atoms with Crippen molar-refractivity contribution in [3.63, 3.8) is 0 Å². The minimum absolute atomic E-state index is 0.00688. The molecule has 1 fully saturated rings. The largest absolute Gasteiger partial charge is 0.395 e. The molecule has 1 atom stereocenters. The Hall–Kier alpha value is -1.32. The van der Waals surface area contributed by atoms with E-state index in [0.29, 0.717) is 11.6 Å². The van der Waals surface area contributed by atoms with Gasteiger partial charge >= 0.3 is 0 Å². The molecule has 1 aromatic rings. The van der Waals surface area contributed by atoms with Gasteiger partial charge in [-0.2, -0.15) is 0 Å². The van der Waals surface area contributed by atoms with E-state index in [9.17, 15) is 8.78 Å². The van der Waals surface area contributed by atoms with E-state index in [0.717, 1.165) is 6.07 Å². The van der Waals surface area contributed by atoms with Gasteiger partial charge in [0, 0.05) is 12.1 Å². The molecule has 0 amide bonds. The molecule has 0 heterocycles. The molecule has 4 heteroatoms. The fourth-order valence-electron chi connectivity index (χ4n) is 2.01. The third-order valence-electron chi connectivity index (χ3n) is 3.33. The number of nitrogens with two attached hydrogens (primary N) is 1. The summed E-state index contributed by atoms with van der Waals surface area (Å²) in [6, 6.07) is 2.25. The molecule has 1 saturated carbocycles. The second-order valence-electron chi connectivity index (χ2n) is 4.47. The van der Waals surface area contributed by atoms with Crippen molar-refractivity contribution in [2.75, 3.05) is 11.1 Å². The van der Waals surface area contributed by atoms with E-state index >= 15 is 0 Å². The van der Waals surface area contributed by atoms with Crippen molar-refractivity contribution in [3.05, 3.63) is 23.8 Å². The molecule has 0 spiro atoms. The zero-order valence-electron chi connectivity index (χ0n) is 9.26. The molecule has 0 aromatic heterocycles. The molecule has 0 aliphatic heterocycles. The van der Waals surface area contributed by atoms with Gasteiger partial charge in [-0.05, 0) is 31.7 Å². The summed E-state index contributed by atoms with van der Waals surface area (Å²) < 4.78 is 26.2. The number of nitrogen functional groups attached to an aromatic ring is 1. The lowest BCUT2D eigenvalue weighted by Gasteiger charge is -2.32. The Labute approximate surface area is 93.8 Å². The van der Waals surface area contributed by atoms with Crippen LogP contribution in [0.5, 0.6) is 0 Å². The number of nitrogens with one attached hydrogen (secondary N) is 1. The van der Waals surface area contributed by atoms with E-state index in [-0.39, 0.29) is 11.7 Å². The van der Waals surface area contributed by atoms with Crippen LogP contribution in [0.2, 0.25) is 0 Å². The highest BCUT2D eigenvalue weighted by Crippen LogP contribution is 2.32. The number of hydrogen-bond donors (Lipinski definition) is 2. The molecule has 16 heavy (non-hydrogen) atoms. The van der Waals surface area contributed by atoms with Crippen LogP contribution in [0.3, 0.4) is 0 Å². The third kappa shape index (κ3) is 2.10. The highest BCUT2D eigenvalue weighted by atomic mass is 19.1. The van der Waals surface area contributed by atoms with Crippen molar-refractivity contribution in [1.29, 1.82) is 0 Å². The summed E-state index contributed by atoms with van der Waals surface area (Å²) in [5.74, 6) is -0.718. The van der Waals surface area contributed by atoms with Crippen molar-refractivity contribution in [3.8, 4) is 0 Å². The Morgan fingerprint density at radius 3 is 2.62 bits per heavy atom. The van der Waals surface area contributed by atoms with Crippen molar-refractivity contribution in [1.82, 2.24) is 0 Å². The first kappa shape index (κ1) is 11.2. The van der Waals surface area contributed by atoms with Crippen LogP contribution >= 0.6 is 0 Å². The number of anilines is 2. The standard InChI is InChI=1S/C12H16F2N2/c1-7(8-3-2-4-8)16-11-6-9(13)5-10(14)12(11)15/h5-8,16H,2-4,15H2,1H3. The summed E-state index contributed by atoms with van der Waals surface area (Å²) in [4.78, 5) is 0. The zero-order chi connectivity index (χ0) is 11.7. The maximum Gasteiger partial charge on any atom is 0.151 e. The van der Waals surface area contributed by atoms with Gasteiger partial charge in [0.2, 0.25) is 0 Å². The number of halogens is 2. The predicted molar refractivity (Wildman–Crippen MR) is 61.2 cm³/mol. The average Bonchev–Trinajstić information content (AvgIpc) is 2.10. The van der Waals surface area contributed by atoms with E-state index in [1.165, 1.54) is 25.3 Å². The van der Waals surface area contributed by atoms with Gasteiger partial charge in [-0.1, -0.05) is 6.42 Å². The van der Waals surface area contributed by atoms with Crippen LogP contribution in [0.4, 0.5) is 20.2 Å². The maximum atomic E-state index is 13.2. The Balaban J connectivity index is 2.13. The Morgan fingerprint density at radius 2 is 2.06 bits per heavy atom. The Kier molecular flexibility index (Phi) is 2.99. The first-order valence-electron chi connectivity index (χ1n) is 5.59. The minimum Gasteiger partial charge on any atom is -0.395 e. The lowest BCUT2D eigenvalue weighted by Crippen LogP contribution is -2.31. The van der Waals surface area contributed by atoms with Crippen molar-refractivity contribution < 1.29 is 8.78 Å². The van der Waals surface area contributed by atoms with Crippen LogP contribution in [-0.4, -0.2) is 6.04 Å². The number of hydrogen-bond acceptors (Lipinski definition) is 2. The summed E-state index contributed by atoms with van der Waals surface area (Å²) in [5.41, 5.74) is 5.91. The van der Waals surface area contributed by atoms with Crippen molar-refractivity contribution in [2.45, 2.75) is 32.2 Å². The normalized spacial score (nSPS) is 17.9. The molecule has 1 aliphatic carbocycles. The van der Waals surface area contributed by atoms with Crippen LogP contribution < -0.4 is 11.1 Å². The van der Waals surface area contributed by atoms with Gasteiger partial charge in [-0.25, -0.2) is 8.78 Å². The quantitative estimate of drug-likeness (QED) is 0.777. The fraction of sp³-hybridized carbons (Fsp3) is 0.500. The number of benzene rings is 1. The van der Waals surface area contributed by atoms with Gasteiger partial charge in [0.05, 0.1) is 11.4 Å². The molecule has 1 aromatic carbocycles. The van der Waals surface area contributed by atoms with Gasteiger partial charge < -0.3 is 11.1 Å².